The molecule has 0 aliphatic carbocycles. The van der Waals surface area contributed by atoms with Gasteiger partial charge in [0.2, 0.25) is 0 Å². The van der Waals surface area contributed by atoms with E-state index in [2.05, 4.69) is 15.9 Å². The molecule has 82 valence electrons. The molecule has 0 saturated heterocycles. The SMILES string of the molecule is CC(Cc1cc(Br)cc(F)c1O)C(=O)O. The summed E-state index contributed by atoms with van der Waals surface area (Å²) in [5, 5.41) is 18.0. The number of rotatable bonds is 3. The summed E-state index contributed by atoms with van der Waals surface area (Å²) in [6.07, 6.45) is 0.0948. The Morgan fingerprint density at radius 1 is 1.60 bits per heavy atom. The molecule has 0 aromatic heterocycles. The molecule has 2 N–H and O–H groups in total. The minimum Gasteiger partial charge on any atom is -0.505 e. The van der Waals surface area contributed by atoms with E-state index < -0.39 is 23.5 Å². The number of carbonyl (C=O) groups is 1. The fourth-order valence-corrected chi connectivity index (χ4v) is 1.67. The number of aromatic hydroxyl groups is 1. The second-order valence-electron chi connectivity index (χ2n) is 3.34. The van der Waals surface area contributed by atoms with Crippen LogP contribution in [0.25, 0.3) is 0 Å². The smallest absolute Gasteiger partial charge is 0.306 e. The van der Waals surface area contributed by atoms with E-state index in [-0.39, 0.29) is 12.0 Å². The van der Waals surface area contributed by atoms with Crippen LogP contribution in [-0.4, -0.2) is 16.2 Å². The Hall–Kier alpha value is -1.10. The summed E-state index contributed by atoms with van der Waals surface area (Å²) < 4.78 is 13.5. The van der Waals surface area contributed by atoms with Crippen LogP contribution < -0.4 is 0 Å². The number of aliphatic carboxylic acids is 1. The first-order valence-corrected chi connectivity index (χ1v) is 5.10. The van der Waals surface area contributed by atoms with Gasteiger partial charge in [0.25, 0.3) is 0 Å². The van der Waals surface area contributed by atoms with Crippen LogP contribution in [0.4, 0.5) is 4.39 Å². The zero-order valence-corrected chi connectivity index (χ0v) is 9.58. The third kappa shape index (κ3) is 2.92. The second kappa shape index (κ2) is 4.61. The molecule has 0 aliphatic heterocycles. The molecule has 0 aliphatic rings. The average molecular weight is 277 g/mol. The average Bonchev–Trinajstić information content (AvgIpc) is 2.13. The minimum atomic E-state index is -0.977. The van der Waals surface area contributed by atoms with Crippen molar-refractivity contribution in [3.8, 4) is 5.75 Å². The van der Waals surface area contributed by atoms with E-state index in [4.69, 9.17) is 5.11 Å². The second-order valence-corrected chi connectivity index (χ2v) is 4.25. The van der Waals surface area contributed by atoms with Crippen molar-refractivity contribution in [3.05, 3.63) is 28.0 Å². The molecule has 1 atom stereocenters. The Bertz CT molecular complexity index is 392. The summed E-state index contributed by atoms with van der Waals surface area (Å²) in [6, 6.07) is 2.64. The first kappa shape index (κ1) is 12.0. The van der Waals surface area contributed by atoms with Gasteiger partial charge in [0.05, 0.1) is 5.92 Å². The van der Waals surface area contributed by atoms with Crippen LogP contribution in [0.1, 0.15) is 12.5 Å². The monoisotopic (exact) mass is 276 g/mol. The van der Waals surface area contributed by atoms with Gasteiger partial charge in [-0.15, -0.1) is 0 Å². The topological polar surface area (TPSA) is 57.5 Å². The third-order valence-corrected chi connectivity index (χ3v) is 2.51. The van der Waals surface area contributed by atoms with Crippen molar-refractivity contribution >= 4 is 21.9 Å². The lowest BCUT2D eigenvalue weighted by molar-refractivity contribution is -0.141. The van der Waals surface area contributed by atoms with Gasteiger partial charge in [-0.1, -0.05) is 22.9 Å². The van der Waals surface area contributed by atoms with E-state index in [1.165, 1.54) is 13.0 Å². The fourth-order valence-electron chi connectivity index (χ4n) is 1.19. The molecule has 0 radical (unpaired) electrons. The maximum absolute atomic E-state index is 13.1. The molecule has 1 unspecified atom stereocenters. The molecule has 0 bridgehead atoms. The first-order chi connectivity index (χ1) is 6.91. The molecule has 15 heavy (non-hydrogen) atoms. The van der Waals surface area contributed by atoms with Crippen molar-refractivity contribution in [2.24, 2.45) is 5.92 Å². The van der Waals surface area contributed by atoms with Gasteiger partial charge in [0.1, 0.15) is 0 Å². The summed E-state index contributed by atoms with van der Waals surface area (Å²) in [7, 11) is 0. The lowest BCUT2D eigenvalue weighted by atomic mass is 10.0. The van der Waals surface area contributed by atoms with Crippen LogP contribution >= 0.6 is 15.9 Å². The Morgan fingerprint density at radius 2 is 2.20 bits per heavy atom. The lowest BCUT2D eigenvalue weighted by Gasteiger charge is -2.09. The zero-order chi connectivity index (χ0) is 11.6. The number of halogens is 2. The van der Waals surface area contributed by atoms with Gasteiger partial charge in [-0.05, 0) is 24.1 Å². The van der Waals surface area contributed by atoms with E-state index in [0.717, 1.165) is 6.07 Å². The van der Waals surface area contributed by atoms with Crippen LogP contribution in [-0.2, 0) is 11.2 Å². The quantitative estimate of drug-likeness (QED) is 0.892. The molecule has 0 fully saturated rings. The number of hydrogen-bond acceptors (Lipinski definition) is 2. The molecule has 0 saturated carbocycles. The summed E-state index contributed by atoms with van der Waals surface area (Å²) in [4.78, 5) is 10.6. The standard InChI is InChI=1S/C10H10BrFO3/c1-5(10(14)15)2-6-3-7(11)4-8(12)9(6)13/h3-5,13H,2H2,1H3,(H,14,15). The van der Waals surface area contributed by atoms with E-state index in [9.17, 15) is 14.3 Å². The van der Waals surface area contributed by atoms with Crippen LogP contribution in [0.2, 0.25) is 0 Å². The molecule has 1 aromatic rings. The number of phenols is 1. The van der Waals surface area contributed by atoms with Gasteiger partial charge in [-0.3, -0.25) is 4.79 Å². The highest BCUT2D eigenvalue weighted by Gasteiger charge is 2.16. The van der Waals surface area contributed by atoms with Crippen molar-refractivity contribution in [2.75, 3.05) is 0 Å². The minimum absolute atomic E-state index is 0.0948. The van der Waals surface area contributed by atoms with Gasteiger partial charge in [-0.25, -0.2) is 4.39 Å². The van der Waals surface area contributed by atoms with Gasteiger partial charge < -0.3 is 10.2 Å². The molecule has 3 nitrogen and oxygen atoms in total. The van der Waals surface area contributed by atoms with Gasteiger partial charge in [0.15, 0.2) is 11.6 Å². The summed E-state index contributed by atoms with van der Waals surface area (Å²) in [5.41, 5.74) is 0.289. The van der Waals surface area contributed by atoms with Gasteiger partial charge in [0, 0.05) is 4.47 Å². The number of carboxylic acids is 1. The van der Waals surface area contributed by atoms with Crippen molar-refractivity contribution in [2.45, 2.75) is 13.3 Å². The highest BCUT2D eigenvalue weighted by Crippen LogP contribution is 2.27. The predicted molar refractivity (Wildman–Crippen MR) is 56.3 cm³/mol. The summed E-state index contributed by atoms with van der Waals surface area (Å²) >= 11 is 3.08. The van der Waals surface area contributed by atoms with Crippen LogP contribution in [0.3, 0.4) is 0 Å². The maximum atomic E-state index is 13.1. The van der Waals surface area contributed by atoms with Crippen LogP contribution in [0.15, 0.2) is 16.6 Å². The number of hydrogen-bond donors (Lipinski definition) is 2. The molecule has 1 aromatic carbocycles. The van der Waals surface area contributed by atoms with Crippen LogP contribution in [0.5, 0.6) is 5.75 Å². The molecule has 0 spiro atoms. The first-order valence-electron chi connectivity index (χ1n) is 4.31. The van der Waals surface area contributed by atoms with Crippen molar-refractivity contribution in [1.29, 1.82) is 0 Å². The molecular weight excluding hydrogens is 267 g/mol. The summed E-state index contributed by atoms with van der Waals surface area (Å²) in [5.74, 6) is -2.87. The molecule has 1 rings (SSSR count). The number of benzene rings is 1. The van der Waals surface area contributed by atoms with E-state index >= 15 is 0 Å². The molecular formula is C10H10BrFO3. The molecule has 5 heteroatoms. The lowest BCUT2D eigenvalue weighted by Crippen LogP contribution is -2.12. The Balaban J connectivity index is 2.99. The van der Waals surface area contributed by atoms with E-state index in [0.29, 0.717) is 4.47 Å². The van der Waals surface area contributed by atoms with Crippen LogP contribution in [0, 0.1) is 11.7 Å². The highest BCUT2D eigenvalue weighted by atomic mass is 79.9. The normalized spacial score (nSPS) is 12.5. The Morgan fingerprint density at radius 3 is 2.73 bits per heavy atom. The zero-order valence-electron chi connectivity index (χ0n) is 8.00. The van der Waals surface area contributed by atoms with Gasteiger partial charge in [-0.2, -0.15) is 0 Å². The number of phenolic OH excluding ortho intramolecular Hbond substituents is 1. The predicted octanol–water partition coefficient (Wildman–Crippen LogP) is 2.56. The fraction of sp³-hybridized carbons (Fsp3) is 0.300. The van der Waals surface area contributed by atoms with Crippen molar-refractivity contribution < 1.29 is 19.4 Å². The van der Waals surface area contributed by atoms with Gasteiger partial charge >= 0.3 is 5.97 Å². The summed E-state index contributed by atoms with van der Waals surface area (Å²) in [6.45, 7) is 1.50. The van der Waals surface area contributed by atoms with Crippen molar-refractivity contribution in [1.82, 2.24) is 0 Å². The van der Waals surface area contributed by atoms with E-state index in [1.807, 2.05) is 0 Å². The Kier molecular flexibility index (Phi) is 3.68. The third-order valence-electron chi connectivity index (χ3n) is 2.05. The van der Waals surface area contributed by atoms with Crippen molar-refractivity contribution in [3.63, 3.8) is 0 Å². The Labute approximate surface area is 94.7 Å². The number of carboxylic acid groups (broad SMARTS) is 1. The maximum Gasteiger partial charge on any atom is 0.306 e. The largest absolute Gasteiger partial charge is 0.505 e. The molecule has 0 amide bonds. The molecule has 0 heterocycles. The van der Waals surface area contributed by atoms with E-state index in [1.54, 1.807) is 0 Å². The highest BCUT2D eigenvalue weighted by molar-refractivity contribution is 9.10.